The van der Waals surface area contributed by atoms with Gasteiger partial charge in [-0.25, -0.2) is 9.78 Å². The number of hydrogen-bond donors (Lipinski definition) is 0. The third-order valence-electron chi connectivity index (χ3n) is 3.82. The van der Waals surface area contributed by atoms with Crippen LogP contribution in [0.2, 0.25) is 0 Å². The molecule has 2 aromatic heterocycles. The lowest BCUT2D eigenvalue weighted by Gasteiger charge is -2.02. The number of esters is 1. The molecule has 0 aliphatic rings. The summed E-state index contributed by atoms with van der Waals surface area (Å²) in [7, 11) is 0. The smallest absolute Gasteiger partial charge is 0.350 e. The van der Waals surface area contributed by atoms with E-state index in [4.69, 9.17) is 10.00 Å². The predicted molar refractivity (Wildman–Crippen MR) is 93.6 cm³/mol. The van der Waals surface area contributed by atoms with Crippen LogP contribution in [0.1, 0.15) is 32.1 Å². The van der Waals surface area contributed by atoms with E-state index >= 15 is 0 Å². The summed E-state index contributed by atoms with van der Waals surface area (Å²) in [6, 6.07) is 9.58. The van der Waals surface area contributed by atoms with Crippen LogP contribution in [0.3, 0.4) is 0 Å². The highest BCUT2D eigenvalue weighted by atomic mass is 32.1. The summed E-state index contributed by atoms with van der Waals surface area (Å²) in [6.45, 7) is 1.89. The Morgan fingerprint density at radius 3 is 2.88 bits per heavy atom. The van der Waals surface area contributed by atoms with E-state index < -0.39 is 5.97 Å². The van der Waals surface area contributed by atoms with Crippen molar-refractivity contribution in [3.8, 4) is 6.07 Å². The van der Waals surface area contributed by atoms with Gasteiger partial charge in [0.1, 0.15) is 4.88 Å². The summed E-state index contributed by atoms with van der Waals surface area (Å²) in [4.78, 5) is 29.0. The second-order valence-electron chi connectivity index (χ2n) is 5.43. The molecular formula is C18H15N3O3S. The number of hydrogen-bond acceptors (Lipinski definition) is 6. The van der Waals surface area contributed by atoms with Crippen molar-refractivity contribution in [3.05, 3.63) is 52.1 Å². The Labute approximate surface area is 148 Å². The molecule has 25 heavy (non-hydrogen) atoms. The van der Waals surface area contributed by atoms with Gasteiger partial charge in [-0.05, 0) is 13.0 Å². The fourth-order valence-corrected chi connectivity index (χ4v) is 3.29. The van der Waals surface area contributed by atoms with Crippen molar-refractivity contribution in [1.82, 2.24) is 9.55 Å². The molecule has 3 aromatic rings. The number of carbonyl (C=O) groups excluding carboxylic acids is 2. The van der Waals surface area contributed by atoms with Gasteiger partial charge in [0.25, 0.3) is 0 Å². The molecule has 0 N–H and O–H groups in total. The molecule has 126 valence electrons. The molecule has 0 saturated heterocycles. The van der Waals surface area contributed by atoms with Crippen LogP contribution in [0.15, 0.2) is 36.0 Å². The van der Waals surface area contributed by atoms with Crippen molar-refractivity contribution in [2.75, 3.05) is 6.61 Å². The Kier molecular flexibility index (Phi) is 4.91. The lowest BCUT2D eigenvalue weighted by Crippen LogP contribution is -2.14. The SMILES string of the molecule is Cc1ncsc1C(=O)OCC(=O)c1cn(CCC#N)c2ccccc12. The van der Waals surface area contributed by atoms with Crippen LogP contribution < -0.4 is 0 Å². The minimum absolute atomic E-state index is 0.276. The van der Waals surface area contributed by atoms with Crippen LogP contribution in [-0.4, -0.2) is 27.9 Å². The second kappa shape index (κ2) is 7.28. The number of nitrogens with zero attached hydrogens (tertiary/aromatic N) is 3. The van der Waals surface area contributed by atoms with Crippen molar-refractivity contribution in [2.45, 2.75) is 19.9 Å². The molecular weight excluding hydrogens is 338 g/mol. The van der Waals surface area contributed by atoms with Crippen LogP contribution in [0, 0.1) is 18.3 Å². The van der Waals surface area contributed by atoms with E-state index in [0.29, 0.717) is 29.1 Å². The molecule has 0 aliphatic carbocycles. The number of benzene rings is 1. The summed E-state index contributed by atoms with van der Waals surface area (Å²) in [5.41, 5.74) is 3.53. The summed E-state index contributed by atoms with van der Waals surface area (Å²) >= 11 is 1.19. The minimum Gasteiger partial charge on any atom is -0.453 e. The highest BCUT2D eigenvalue weighted by molar-refractivity contribution is 7.11. The minimum atomic E-state index is -0.540. The van der Waals surface area contributed by atoms with Crippen LogP contribution in [0.25, 0.3) is 10.9 Å². The molecule has 7 heteroatoms. The molecule has 0 radical (unpaired) electrons. The van der Waals surface area contributed by atoms with E-state index in [-0.39, 0.29) is 12.4 Å². The Hall–Kier alpha value is -2.98. The lowest BCUT2D eigenvalue weighted by molar-refractivity contribution is 0.0479. The summed E-state index contributed by atoms with van der Waals surface area (Å²) in [6.07, 6.45) is 2.07. The van der Waals surface area contributed by atoms with Gasteiger partial charge in [-0.15, -0.1) is 11.3 Å². The molecule has 0 saturated carbocycles. The van der Waals surface area contributed by atoms with Gasteiger partial charge in [-0.2, -0.15) is 5.26 Å². The number of aryl methyl sites for hydroxylation is 2. The van der Waals surface area contributed by atoms with Crippen LogP contribution in [0.5, 0.6) is 0 Å². The van der Waals surface area contributed by atoms with E-state index in [9.17, 15) is 9.59 Å². The van der Waals surface area contributed by atoms with E-state index in [2.05, 4.69) is 11.1 Å². The first-order valence-electron chi connectivity index (χ1n) is 7.67. The zero-order valence-electron chi connectivity index (χ0n) is 13.6. The topological polar surface area (TPSA) is 85.0 Å². The molecule has 0 aliphatic heterocycles. The first kappa shape index (κ1) is 16.9. The summed E-state index contributed by atoms with van der Waals surface area (Å²) in [5, 5.41) is 9.57. The summed E-state index contributed by atoms with van der Waals surface area (Å²) in [5.74, 6) is -0.816. The highest BCUT2D eigenvalue weighted by Crippen LogP contribution is 2.22. The van der Waals surface area contributed by atoms with Gasteiger partial charge in [0.15, 0.2) is 6.61 Å². The molecule has 0 bridgehead atoms. The molecule has 6 nitrogen and oxygen atoms in total. The van der Waals surface area contributed by atoms with Crippen molar-refractivity contribution >= 4 is 34.0 Å². The highest BCUT2D eigenvalue weighted by Gasteiger charge is 2.19. The Balaban J connectivity index is 1.79. The number of nitriles is 1. The molecule has 0 atom stereocenters. The van der Waals surface area contributed by atoms with Gasteiger partial charge in [0.2, 0.25) is 5.78 Å². The first-order chi connectivity index (χ1) is 12.1. The van der Waals surface area contributed by atoms with E-state index in [0.717, 1.165) is 10.9 Å². The van der Waals surface area contributed by atoms with Gasteiger partial charge >= 0.3 is 5.97 Å². The van der Waals surface area contributed by atoms with Crippen molar-refractivity contribution in [1.29, 1.82) is 5.26 Å². The first-order valence-corrected chi connectivity index (χ1v) is 8.55. The van der Waals surface area contributed by atoms with E-state index in [1.54, 1.807) is 18.6 Å². The monoisotopic (exact) mass is 353 g/mol. The standard InChI is InChI=1S/C18H15N3O3S/c1-12-17(25-11-20-12)18(23)24-10-16(22)14-9-21(8-4-7-19)15-6-3-2-5-13(14)15/h2-3,5-6,9,11H,4,8,10H2,1H3. The molecule has 2 heterocycles. The Morgan fingerprint density at radius 2 is 2.16 bits per heavy atom. The molecule has 1 aromatic carbocycles. The number of fused-ring (bicyclic) bond motifs is 1. The number of para-hydroxylation sites is 1. The third-order valence-corrected chi connectivity index (χ3v) is 4.73. The number of thiazole rings is 1. The number of ether oxygens (including phenoxy) is 1. The van der Waals surface area contributed by atoms with Crippen LogP contribution >= 0.6 is 11.3 Å². The van der Waals surface area contributed by atoms with Gasteiger partial charge in [0, 0.05) is 29.2 Å². The van der Waals surface area contributed by atoms with Gasteiger partial charge in [0.05, 0.1) is 23.7 Å². The zero-order chi connectivity index (χ0) is 17.8. The van der Waals surface area contributed by atoms with Crippen molar-refractivity contribution in [2.24, 2.45) is 0 Å². The largest absolute Gasteiger partial charge is 0.453 e. The zero-order valence-corrected chi connectivity index (χ0v) is 14.4. The fraction of sp³-hybridized carbons (Fsp3) is 0.222. The van der Waals surface area contributed by atoms with Crippen molar-refractivity contribution in [3.63, 3.8) is 0 Å². The van der Waals surface area contributed by atoms with Gasteiger partial charge in [-0.1, -0.05) is 18.2 Å². The molecule has 0 amide bonds. The van der Waals surface area contributed by atoms with Crippen molar-refractivity contribution < 1.29 is 14.3 Å². The summed E-state index contributed by atoms with van der Waals surface area (Å²) < 4.78 is 7.02. The molecule has 3 rings (SSSR count). The normalized spacial score (nSPS) is 10.6. The maximum atomic E-state index is 12.5. The molecule has 0 unspecified atom stereocenters. The van der Waals surface area contributed by atoms with E-state index in [1.807, 2.05) is 28.8 Å². The predicted octanol–water partition coefficient (Wildman–Crippen LogP) is 3.36. The second-order valence-corrected chi connectivity index (χ2v) is 6.28. The van der Waals surface area contributed by atoms with Gasteiger partial charge in [-0.3, -0.25) is 4.79 Å². The van der Waals surface area contributed by atoms with Crippen LogP contribution in [0.4, 0.5) is 0 Å². The van der Waals surface area contributed by atoms with Gasteiger partial charge < -0.3 is 9.30 Å². The number of ketones is 1. The Bertz CT molecular complexity index is 981. The Morgan fingerprint density at radius 1 is 1.36 bits per heavy atom. The number of carbonyl (C=O) groups is 2. The number of aromatic nitrogens is 2. The number of Topliss-reactive ketones (excluding diaryl/α,β-unsaturated/α-hetero) is 1. The number of rotatable bonds is 6. The molecule has 0 fully saturated rings. The maximum absolute atomic E-state index is 12.5. The quantitative estimate of drug-likeness (QED) is 0.501. The average Bonchev–Trinajstić information content (AvgIpc) is 3.21. The average molecular weight is 353 g/mol. The fourth-order valence-electron chi connectivity index (χ4n) is 2.60. The lowest BCUT2D eigenvalue weighted by atomic mass is 10.1. The van der Waals surface area contributed by atoms with Crippen LogP contribution in [-0.2, 0) is 11.3 Å². The molecule has 0 spiro atoms. The van der Waals surface area contributed by atoms with E-state index in [1.165, 1.54) is 11.3 Å². The third kappa shape index (κ3) is 3.44. The maximum Gasteiger partial charge on any atom is 0.350 e.